The van der Waals surface area contributed by atoms with Gasteiger partial charge in [0.25, 0.3) is 0 Å². The zero-order valence-corrected chi connectivity index (χ0v) is 13.5. The molecule has 0 radical (unpaired) electrons. The predicted molar refractivity (Wildman–Crippen MR) is 86.4 cm³/mol. The van der Waals surface area contributed by atoms with Gasteiger partial charge >= 0.3 is 0 Å². The number of quaternary nitrogens is 1. The summed E-state index contributed by atoms with van der Waals surface area (Å²) in [4.78, 5) is 0. The molecule has 1 aromatic carbocycles. The number of hydrogen-bond donors (Lipinski definition) is 1. The third-order valence-corrected chi connectivity index (χ3v) is 3.19. The molecule has 0 aliphatic carbocycles. The van der Waals surface area contributed by atoms with Crippen LogP contribution in [0.3, 0.4) is 0 Å². The molecule has 0 aliphatic rings. The Labute approximate surface area is 124 Å². The number of unbranched alkanes of at least 4 members (excludes halogenated alkanes) is 1. The second-order valence-electron chi connectivity index (χ2n) is 6.52. The van der Waals surface area contributed by atoms with Crippen LogP contribution in [0.15, 0.2) is 30.9 Å². The van der Waals surface area contributed by atoms with Gasteiger partial charge in [0.15, 0.2) is 0 Å². The van der Waals surface area contributed by atoms with E-state index >= 15 is 0 Å². The fourth-order valence-corrected chi connectivity index (χ4v) is 2.13. The number of hydrogen-bond acceptors (Lipinski definition) is 1. The van der Waals surface area contributed by atoms with Gasteiger partial charge in [-0.25, -0.2) is 0 Å². The summed E-state index contributed by atoms with van der Waals surface area (Å²) in [5.41, 5.74) is 2.84. The van der Waals surface area contributed by atoms with Crippen LogP contribution in [0.5, 0.6) is 5.75 Å². The van der Waals surface area contributed by atoms with Gasteiger partial charge in [0.2, 0.25) is 0 Å². The Kier molecular flexibility index (Phi) is 6.80. The molecule has 0 heterocycles. The molecule has 0 fully saturated rings. The number of allylic oxidation sites excluding steroid dienone is 1. The molecule has 0 bridgehead atoms. The molecule has 1 aromatic rings. The summed E-state index contributed by atoms with van der Waals surface area (Å²) in [7, 11) is 0. The van der Waals surface area contributed by atoms with Crippen LogP contribution < -0.4 is 10.1 Å². The van der Waals surface area contributed by atoms with Crippen molar-refractivity contribution in [2.24, 2.45) is 0 Å². The summed E-state index contributed by atoms with van der Waals surface area (Å²) in [6, 6.07) is 6.37. The van der Waals surface area contributed by atoms with Crippen LogP contribution in [0.2, 0.25) is 0 Å². The Morgan fingerprint density at radius 1 is 1.25 bits per heavy atom. The average Bonchev–Trinajstić information content (AvgIpc) is 2.35. The Hall–Kier alpha value is -1.28. The molecule has 2 heteroatoms. The van der Waals surface area contributed by atoms with Gasteiger partial charge in [-0.1, -0.05) is 23.8 Å². The summed E-state index contributed by atoms with van der Waals surface area (Å²) in [6.45, 7) is 14.6. The Balaban J connectivity index is 2.33. The van der Waals surface area contributed by atoms with Crippen LogP contribution in [0.1, 0.15) is 44.7 Å². The SMILES string of the molecule is C=CCc1cc(C)ccc1OCCCC[NH2+]C(C)(C)C. The zero-order valence-electron chi connectivity index (χ0n) is 13.5. The maximum Gasteiger partial charge on any atom is 0.122 e. The molecule has 0 saturated carbocycles. The first-order chi connectivity index (χ1) is 9.42. The van der Waals surface area contributed by atoms with Gasteiger partial charge in [0, 0.05) is 0 Å². The molecule has 1 rings (SSSR count). The number of benzene rings is 1. The third kappa shape index (κ3) is 6.76. The van der Waals surface area contributed by atoms with Crippen molar-refractivity contribution in [2.45, 2.75) is 52.5 Å². The smallest absolute Gasteiger partial charge is 0.122 e. The van der Waals surface area contributed by atoms with Crippen LogP contribution in [0.4, 0.5) is 0 Å². The summed E-state index contributed by atoms with van der Waals surface area (Å²) < 4.78 is 5.92. The fourth-order valence-electron chi connectivity index (χ4n) is 2.13. The molecule has 112 valence electrons. The van der Waals surface area contributed by atoms with E-state index in [9.17, 15) is 0 Å². The van der Waals surface area contributed by atoms with Gasteiger partial charge in [0.1, 0.15) is 5.75 Å². The van der Waals surface area contributed by atoms with Gasteiger partial charge < -0.3 is 10.1 Å². The van der Waals surface area contributed by atoms with Crippen molar-refractivity contribution < 1.29 is 10.1 Å². The Morgan fingerprint density at radius 2 is 2.00 bits per heavy atom. The topological polar surface area (TPSA) is 25.8 Å². The van der Waals surface area contributed by atoms with E-state index in [0.717, 1.165) is 25.2 Å². The molecule has 0 atom stereocenters. The summed E-state index contributed by atoms with van der Waals surface area (Å²) in [5.74, 6) is 1.01. The lowest BCUT2D eigenvalue weighted by Crippen LogP contribution is -2.94. The minimum absolute atomic E-state index is 0.328. The molecule has 20 heavy (non-hydrogen) atoms. The Bertz CT molecular complexity index is 418. The standard InChI is InChI=1S/C18H29NO/c1-6-9-16-14-15(2)10-11-17(16)20-13-8-7-12-19-18(3,4)5/h6,10-11,14,19H,1,7-9,12-13H2,2-5H3/p+1. The molecule has 2 nitrogen and oxygen atoms in total. The predicted octanol–water partition coefficient (Wildman–Crippen LogP) is 3.24. The number of aryl methyl sites for hydroxylation is 1. The van der Waals surface area contributed by atoms with Crippen LogP contribution >= 0.6 is 0 Å². The molecule has 2 N–H and O–H groups in total. The lowest BCUT2D eigenvalue weighted by atomic mass is 10.1. The molecular weight excluding hydrogens is 246 g/mol. The molecule has 0 unspecified atom stereocenters. The van der Waals surface area contributed by atoms with Gasteiger partial charge in [-0.05, 0) is 58.6 Å². The monoisotopic (exact) mass is 276 g/mol. The van der Waals surface area contributed by atoms with Crippen molar-refractivity contribution in [3.05, 3.63) is 42.0 Å². The highest BCUT2D eigenvalue weighted by atomic mass is 16.5. The van der Waals surface area contributed by atoms with Crippen LogP contribution in [0, 0.1) is 6.92 Å². The Morgan fingerprint density at radius 3 is 2.65 bits per heavy atom. The van der Waals surface area contributed by atoms with Gasteiger partial charge in [-0.2, -0.15) is 0 Å². The minimum atomic E-state index is 0.328. The number of nitrogens with two attached hydrogens (primary N) is 1. The van der Waals surface area contributed by atoms with Crippen molar-refractivity contribution in [3.8, 4) is 5.75 Å². The van der Waals surface area contributed by atoms with Crippen molar-refractivity contribution in [1.29, 1.82) is 0 Å². The van der Waals surface area contributed by atoms with E-state index < -0.39 is 0 Å². The zero-order chi connectivity index (χ0) is 15.0. The van der Waals surface area contributed by atoms with Gasteiger partial charge in [-0.15, -0.1) is 6.58 Å². The summed E-state index contributed by atoms with van der Waals surface area (Å²) in [6.07, 6.45) is 5.10. The maximum absolute atomic E-state index is 5.92. The van der Waals surface area contributed by atoms with Crippen LogP contribution in [0.25, 0.3) is 0 Å². The van der Waals surface area contributed by atoms with E-state index in [4.69, 9.17) is 4.74 Å². The highest BCUT2D eigenvalue weighted by Gasteiger charge is 2.11. The van der Waals surface area contributed by atoms with E-state index in [1.165, 1.54) is 24.1 Å². The first kappa shape index (κ1) is 16.8. The lowest BCUT2D eigenvalue weighted by Gasteiger charge is -2.16. The molecule has 0 aliphatic heterocycles. The van der Waals surface area contributed by atoms with E-state index in [-0.39, 0.29) is 0 Å². The van der Waals surface area contributed by atoms with Crippen molar-refractivity contribution in [2.75, 3.05) is 13.2 Å². The van der Waals surface area contributed by atoms with E-state index in [1.807, 2.05) is 6.08 Å². The largest absolute Gasteiger partial charge is 0.493 e. The highest BCUT2D eigenvalue weighted by Crippen LogP contribution is 2.21. The van der Waals surface area contributed by atoms with Gasteiger partial charge in [-0.3, -0.25) is 0 Å². The van der Waals surface area contributed by atoms with E-state index in [1.54, 1.807) is 0 Å². The van der Waals surface area contributed by atoms with E-state index in [0.29, 0.717) is 5.54 Å². The second-order valence-corrected chi connectivity index (χ2v) is 6.52. The number of ether oxygens (including phenoxy) is 1. The highest BCUT2D eigenvalue weighted by molar-refractivity contribution is 5.38. The van der Waals surface area contributed by atoms with Gasteiger partial charge in [0.05, 0.1) is 18.7 Å². The second kappa shape index (κ2) is 8.11. The molecule has 0 saturated heterocycles. The van der Waals surface area contributed by atoms with E-state index in [2.05, 4.69) is 57.8 Å². The first-order valence-electron chi connectivity index (χ1n) is 7.60. The molecule has 0 amide bonds. The molecular formula is C18H30NO+. The van der Waals surface area contributed by atoms with Crippen molar-refractivity contribution >= 4 is 0 Å². The normalized spacial score (nSPS) is 11.4. The first-order valence-corrected chi connectivity index (χ1v) is 7.60. The van der Waals surface area contributed by atoms with Crippen molar-refractivity contribution in [1.82, 2.24) is 0 Å². The van der Waals surface area contributed by atoms with Crippen LogP contribution in [-0.2, 0) is 6.42 Å². The molecule has 0 spiro atoms. The molecule has 0 aromatic heterocycles. The summed E-state index contributed by atoms with van der Waals surface area (Å²) >= 11 is 0. The quantitative estimate of drug-likeness (QED) is 0.572. The third-order valence-electron chi connectivity index (χ3n) is 3.19. The number of rotatable bonds is 8. The minimum Gasteiger partial charge on any atom is -0.493 e. The fraction of sp³-hybridized carbons (Fsp3) is 0.556. The van der Waals surface area contributed by atoms with Crippen molar-refractivity contribution in [3.63, 3.8) is 0 Å². The van der Waals surface area contributed by atoms with Crippen LogP contribution in [-0.4, -0.2) is 18.7 Å². The maximum atomic E-state index is 5.92. The lowest BCUT2D eigenvalue weighted by molar-refractivity contribution is -0.717. The summed E-state index contributed by atoms with van der Waals surface area (Å²) in [5, 5.41) is 2.39. The average molecular weight is 276 g/mol.